The van der Waals surface area contributed by atoms with Crippen LogP contribution in [-0.4, -0.2) is 65.1 Å². The van der Waals surface area contributed by atoms with Gasteiger partial charge in [-0.15, -0.1) is 0 Å². The minimum Gasteiger partial charge on any atom is -0.356 e. The van der Waals surface area contributed by atoms with Gasteiger partial charge in [-0.25, -0.2) is 0 Å². The summed E-state index contributed by atoms with van der Waals surface area (Å²) in [6, 6.07) is 7.87. The van der Waals surface area contributed by atoms with Crippen LogP contribution in [0.3, 0.4) is 0 Å². The average Bonchev–Trinajstić information content (AvgIpc) is 3.26. The van der Waals surface area contributed by atoms with E-state index in [9.17, 15) is 4.79 Å². The van der Waals surface area contributed by atoms with Crippen molar-refractivity contribution in [3.05, 3.63) is 34.6 Å². The Morgan fingerprint density at radius 1 is 1.16 bits per heavy atom. The predicted molar refractivity (Wildman–Crippen MR) is 128 cm³/mol. The van der Waals surface area contributed by atoms with Gasteiger partial charge in [0.15, 0.2) is 0 Å². The Balaban J connectivity index is 1.14. The molecule has 1 amide bonds. The Morgan fingerprint density at radius 3 is 2.69 bits per heavy atom. The van der Waals surface area contributed by atoms with Crippen molar-refractivity contribution in [2.45, 2.75) is 45.6 Å². The SMILES string of the molecule is CC1CCCN(CCCNC(=O)C2CCN(Cc3nc(-c4ccc(Br)cc4)no3)CC2)C1. The van der Waals surface area contributed by atoms with Gasteiger partial charge in [-0.2, -0.15) is 4.98 Å². The van der Waals surface area contributed by atoms with Crippen molar-refractivity contribution in [1.29, 1.82) is 0 Å². The summed E-state index contributed by atoms with van der Waals surface area (Å²) in [5.74, 6) is 2.37. The van der Waals surface area contributed by atoms with Crippen molar-refractivity contribution in [2.75, 3.05) is 39.3 Å². The topological polar surface area (TPSA) is 74.5 Å². The molecule has 4 rings (SSSR count). The Labute approximate surface area is 199 Å². The van der Waals surface area contributed by atoms with Crippen molar-refractivity contribution in [1.82, 2.24) is 25.3 Å². The molecule has 2 aliphatic heterocycles. The molecule has 2 fully saturated rings. The number of piperidine rings is 2. The van der Waals surface area contributed by atoms with Crippen LogP contribution in [-0.2, 0) is 11.3 Å². The van der Waals surface area contributed by atoms with Gasteiger partial charge in [0.1, 0.15) is 0 Å². The molecule has 0 aliphatic carbocycles. The van der Waals surface area contributed by atoms with E-state index >= 15 is 0 Å². The van der Waals surface area contributed by atoms with Gasteiger partial charge in [-0.05, 0) is 88.5 Å². The van der Waals surface area contributed by atoms with Gasteiger partial charge in [0.2, 0.25) is 17.6 Å². The van der Waals surface area contributed by atoms with Crippen molar-refractivity contribution in [3.63, 3.8) is 0 Å². The van der Waals surface area contributed by atoms with Crippen LogP contribution in [0.4, 0.5) is 0 Å². The molecular weight excluding hydrogens is 470 g/mol. The fourth-order valence-electron chi connectivity index (χ4n) is 4.73. The smallest absolute Gasteiger partial charge is 0.241 e. The quantitative estimate of drug-likeness (QED) is 0.549. The molecular formula is C24H34BrN5O2. The van der Waals surface area contributed by atoms with Crippen molar-refractivity contribution < 1.29 is 9.32 Å². The fraction of sp³-hybridized carbons (Fsp3) is 0.625. The highest BCUT2D eigenvalue weighted by Gasteiger charge is 2.26. The summed E-state index contributed by atoms with van der Waals surface area (Å²) in [5.41, 5.74) is 0.938. The van der Waals surface area contributed by atoms with Gasteiger partial charge in [0.05, 0.1) is 6.54 Å². The van der Waals surface area contributed by atoms with E-state index in [4.69, 9.17) is 4.52 Å². The number of rotatable bonds is 8. The molecule has 8 heteroatoms. The standard InChI is InChI=1S/C24H34BrN5O2/c1-18-4-2-12-29(16-18)13-3-11-26-24(31)20-9-14-30(15-10-20)17-22-27-23(28-32-22)19-5-7-21(25)8-6-19/h5-8,18,20H,2-4,9-17H2,1H3,(H,26,31). The van der Waals surface area contributed by atoms with Gasteiger partial charge in [-0.1, -0.05) is 28.0 Å². The van der Waals surface area contributed by atoms with Crippen LogP contribution in [0.25, 0.3) is 11.4 Å². The maximum atomic E-state index is 12.6. The molecule has 1 atom stereocenters. The van der Waals surface area contributed by atoms with Gasteiger partial charge < -0.3 is 14.7 Å². The summed E-state index contributed by atoms with van der Waals surface area (Å²) < 4.78 is 6.47. The highest BCUT2D eigenvalue weighted by Crippen LogP contribution is 2.22. The molecule has 0 spiro atoms. The lowest BCUT2D eigenvalue weighted by molar-refractivity contribution is -0.126. The van der Waals surface area contributed by atoms with Gasteiger partial charge in [0, 0.05) is 29.0 Å². The highest BCUT2D eigenvalue weighted by atomic mass is 79.9. The first kappa shape index (κ1) is 23.4. The fourth-order valence-corrected chi connectivity index (χ4v) is 4.99. The summed E-state index contributed by atoms with van der Waals surface area (Å²) >= 11 is 3.44. The molecule has 1 N–H and O–H groups in total. The number of halogens is 1. The van der Waals surface area contributed by atoms with Gasteiger partial charge in [0.25, 0.3) is 0 Å². The van der Waals surface area contributed by atoms with Gasteiger partial charge in [-0.3, -0.25) is 9.69 Å². The van der Waals surface area contributed by atoms with Crippen molar-refractivity contribution >= 4 is 21.8 Å². The molecule has 174 valence electrons. The number of amides is 1. The van der Waals surface area contributed by atoms with E-state index in [1.54, 1.807) is 0 Å². The monoisotopic (exact) mass is 503 g/mol. The average molecular weight is 504 g/mol. The second-order valence-electron chi connectivity index (χ2n) is 9.26. The van der Waals surface area contributed by atoms with E-state index in [-0.39, 0.29) is 11.8 Å². The Morgan fingerprint density at radius 2 is 1.94 bits per heavy atom. The van der Waals surface area contributed by atoms with E-state index in [2.05, 4.69) is 48.1 Å². The Bertz CT molecular complexity index is 864. The first-order valence-electron chi connectivity index (χ1n) is 11.9. The molecule has 0 radical (unpaired) electrons. The van der Waals surface area contributed by atoms with E-state index in [0.717, 1.165) is 61.4 Å². The summed E-state index contributed by atoms with van der Waals surface area (Å²) in [5, 5.41) is 7.27. The van der Waals surface area contributed by atoms with E-state index in [1.165, 1.54) is 25.9 Å². The molecule has 1 aromatic heterocycles. The summed E-state index contributed by atoms with van der Waals surface area (Å²) in [6.45, 7) is 9.00. The van der Waals surface area contributed by atoms with Crippen LogP contribution in [0.5, 0.6) is 0 Å². The molecule has 2 saturated heterocycles. The van der Waals surface area contributed by atoms with Crippen LogP contribution in [0.15, 0.2) is 33.3 Å². The lowest BCUT2D eigenvalue weighted by Crippen LogP contribution is -2.41. The van der Waals surface area contributed by atoms with E-state index in [1.807, 2.05) is 24.3 Å². The number of carbonyl (C=O) groups is 1. The third-order valence-corrected chi connectivity index (χ3v) is 7.11. The largest absolute Gasteiger partial charge is 0.356 e. The zero-order valence-electron chi connectivity index (χ0n) is 18.9. The van der Waals surface area contributed by atoms with Crippen LogP contribution in [0, 0.1) is 11.8 Å². The van der Waals surface area contributed by atoms with Crippen LogP contribution in [0.1, 0.15) is 44.9 Å². The van der Waals surface area contributed by atoms with E-state index in [0.29, 0.717) is 18.3 Å². The maximum Gasteiger partial charge on any atom is 0.241 e. The van der Waals surface area contributed by atoms with Crippen LogP contribution >= 0.6 is 15.9 Å². The molecule has 3 heterocycles. The minimum atomic E-state index is 0.113. The Hall–Kier alpha value is -1.77. The second kappa shape index (κ2) is 11.4. The molecule has 2 aromatic rings. The molecule has 1 aromatic carbocycles. The first-order valence-corrected chi connectivity index (χ1v) is 12.7. The molecule has 2 aliphatic rings. The normalized spacial score (nSPS) is 21.0. The van der Waals surface area contributed by atoms with Crippen LogP contribution in [0.2, 0.25) is 0 Å². The van der Waals surface area contributed by atoms with Crippen molar-refractivity contribution in [2.24, 2.45) is 11.8 Å². The van der Waals surface area contributed by atoms with Crippen LogP contribution < -0.4 is 5.32 Å². The van der Waals surface area contributed by atoms with Gasteiger partial charge >= 0.3 is 0 Å². The number of aromatic nitrogens is 2. The summed E-state index contributed by atoms with van der Waals surface area (Å²) in [7, 11) is 0. The lowest BCUT2D eigenvalue weighted by Gasteiger charge is -2.31. The van der Waals surface area contributed by atoms with E-state index < -0.39 is 0 Å². The second-order valence-corrected chi connectivity index (χ2v) is 10.2. The third kappa shape index (κ3) is 6.62. The molecule has 1 unspecified atom stereocenters. The Kier molecular flexibility index (Phi) is 8.32. The molecule has 7 nitrogen and oxygen atoms in total. The number of hydrogen-bond acceptors (Lipinski definition) is 6. The highest BCUT2D eigenvalue weighted by molar-refractivity contribution is 9.10. The maximum absolute atomic E-state index is 12.6. The zero-order chi connectivity index (χ0) is 22.3. The number of hydrogen-bond donors (Lipinski definition) is 1. The molecule has 0 saturated carbocycles. The first-order chi connectivity index (χ1) is 15.6. The zero-order valence-corrected chi connectivity index (χ0v) is 20.5. The minimum absolute atomic E-state index is 0.113. The molecule has 32 heavy (non-hydrogen) atoms. The van der Waals surface area contributed by atoms with Crippen molar-refractivity contribution in [3.8, 4) is 11.4 Å². The number of likely N-dealkylation sites (tertiary alicyclic amines) is 2. The number of carbonyl (C=O) groups excluding carboxylic acids is 1. The third-order valence-electron chi connectivity index (χ3n) is 6.58. The number of benzene rings is 1. The lowest BCUT2D eigenvalue weighted by atomic mass is 9.96. The molecule has 0 bridgehead atoms. The summed E-state index contributed by atoms with van der Waals surface area (Å²) in [4.78, 5) is 21.9. The number of nitrogens with one attached hydrogen (secondary N) is 1. The number of nitrogens with zero attached hydrogens (tertiary/aromatic N) is 4. The summed E-state index contributed by atoms with van der Waals surface area (Å²) in [6.07, 6.45) is 5.45. The predicted octanol–water partition coefficient (Wildman–Crippen LogP) is 3.95.